The third kappa shape index (κ3) is 10.1. The molecule has 0 fully saturated rings. The Bertz CT molecular complexity index is 5400. The Labute approximate surface area is 519 Å². The Morgan fingerprint density at radius 2 is 0.670 bits per heavy atom. The van der Waals surface area contributed by atoms with Crippen LogP contribution in [0, 0.1) is 80.3 Å². The normalized spacial score (nSPS) is 11.0. The van der Waals surface area contributed by atoms with Crippen LogP contribution in [0.3, 0.4) is 0 Å². The molecule has 13 rings (SSSR count). The molecular weight excluding hydrogens is 1140 g/mol. The molecule has 13 aromatic rings. The lowest BCUT2D eigenvalue weighted by molar-refractivity contribution is -0.137. The summed E-state index contributed by atoms with van der Waals surface area (Å²) in [5.74, 6) is 0. The van der Waals surface area contributed by atoms with Crippen LogP contribution in [0.25, 0.3) is 151 Å². The molecule has 0 bridgehead atoms. The van der Waals surface area contributed by atoms with Gasteiger partial charge in [-0.05, 0) is 202 Å². The van der Waals surface area contributed by atoms with Gasteiger partial charge in [-0.1, -0.05) is 66.7 Å². The first-order chi connectivity index (χ1) is 44.1. The highest BCUT2D eigenvalue weighted by atomic mass is 19.4. The standard InChI is InChI=1S/C77H36F3N11/c1-44-20-53(28-58(21-44)77(78,79)80)48-8-15-71(90-72-16-9-49(54-22-45(41-81)25-60(29-54)85-3)35-67(72)68-38-52(12-17-73(68)90)57-32-63(88-6)39-64(33-57)89-7)66(34-48)65-14-13-59(84-2)40-76(65)91-74-18-10-50(55-23-46(42-82)26-61(30-55)86-4)36-69(74)70-37-51(11-19-75(70)91)56-24-47(43-83)27-62(31-56)87-5/h8-40H,1H3. The number of halogens is 3. The molecule has 91 heavy (non-hydrogen) atoms. The summed E-state index contributed by atoms with van der Waals surface area (Å²) in [4.78, 5) is 22.2. The molecule has 0 amide bonds. The molecule has 0 aliphatic rings. The zero-order chi connectivity index (χ0) is 63.4. The highest BCUT2D eigenvalue weighted by molar-refractivity contribution is 6.14. The minimum absolute atomic E-state index is 0.274. The van der Waals surface area contributed by atoms with Crippen molar-refractivity contribution in [3.05, 3.63) is 297 Å². The summed E-state index contributed by atoms with van der Waals surface area (Å²) in [7, 11) is 0. The van der Waals surface area contributed by atoms with E-state index in [0.29, 0.717) is 122 Å². The van der Waals surface area contributed by atoms with Gasteiger partial charge in [0.25, 0.3) is 0 Å². The Kier molecular flexibility index (Phi) is 13.8. The second kappa shape index (κ2) is 22.3. The molecule has 14 heteroatoms. The minimum Gasteiger partial charge on any atom is -0.310 e. The van der Waals surface area contributed by atoms with Crippen LogP contribution in [-0.2, 0) is 6.18 Å². The van der Waals surface area contributed by atoms with E-state index in [1.54, 1.807) is 79.7 Å². The molecule has 0 aliphatic heterocycles. The molecular formula is C77H36F3N11. The van der Waals surface area contributed by atoms with E-state index in [-0.39, 0.29) is 34.1 Å². The van der Waals surface area contributed by atoms with Gasteiger partial charge in [-0.2, -0.15) is 29.0 Å². The third-order valence-electron chi connectivity index (χ3n) is 16.2. The highest BCUT2D eigenvalue weighted by Crippen LogP contribution is 2.47. The molecule has 0 saturated carbocycles. The van der Waals surface area contributed by atoms with E-state index in [4.69, 9.17) is 39.4 Å². The fourth-order valence-corrected chi connectivity index (χ4v) is 12.1. The molecule has 0 unspecified atom stereocenters. The van der Waals surface area contributed by atoms with E-state index in [2.05, 4.69) is 51.8 Å². The zero-order valence-corrected chi connectivity index (χ0v) is 47.6. The lowest BCUT2D eigenvalue weighted by Crippen LogP contribution is -2.05. The van der Waals surface area contributed by atoms with E-state index >= 15 is 0 Å². The lowest BCUT2D eigenvalue weighted by Gasteiger charge is -2.21. The molecule has 11 aromatic carbocycles. The topological polar surface area (TPSA) is 107 Å². The Hall–Kier alpha value is -13.8. The van der Waals surface area contributed by atoms with Gasteiger partial charge in [0.15, 0.2) is 34.1 Å². The maximum Gasteiger partial charge on any atom is 0.416 e. The maximum absolute atomic E-state index is 14.8. The van der Waals surface area contributed by atoms with Crippen LogP contribution < -0.4 is 0 Å². The summed E-state index contributed by atoms with van der Waals surface area (Å²) in [6, 6.07) is 64.3. The molecule has 0 saturated heterocycles. The number of hydrogen-bond acceptors (Lipinski definition) is 3. The van der Waals surface area contributed by atoms with Gasteiger partial charge < -0.3 is 9.13 Å². The first kappa shape index (κ1) is 56.4. The second-order valence-corrected chi connectivity index (χ2v) is 21.7. The van der Waals surface area contributed by atoms with E-state index in [1.807, 2.05) is 95.6 Å². The van der Waals surface area contributed by atoms with Crippen molar-refractivity contribution >= 4 is 77.7 Å². The van der Waals surface area contributed by atoms with E-state index in [0.717, 1.165) is 33.7 Å². The van der Waals surface area contributed by atoms with Gasteiger partial charge in [0, 0.05) is 55.0 Å². The quantitative estimate of drug-likeness (QED) is 0.141. The molecule has 0 aliphatic carbocycles. The van der Waals surface area contributed by atoms with Crippen molar-refractivity contribution < 1.29 is 13.2 Å². The minimum atomic E-state index is -4.67. The number of rotatable bonds is 8. The van der Waals surface area contributed by atoms with Gasteiger partial charge >= 0.3 is 6.18 Å². The summed E-state index contributed by atoms with van der Waals surface area (Å²) in [6.45, 7) is 49.3. The number of alkyl halides is 3. The van der Waals surface area contributed by atoms with Crippen molar-refractivity contribution in [1.29, 1.82) is 15.8 Å². The van der Waals surface area contributed by atoms with Crippen LogP contribution in [0.5, 0.6) is 0 Å². The average molecular weight is 1170 g/mol. The predicted molar refractivity (Wildman–Crippen MR) is 349 cm³/mol. The van der Waals surface area contributed by atoms with Crippen LogP contribution in [0.2, 0.25) is 0 Å². The molecule has 2 heterocycles. The van der Waals surface area contributed by atoms with Gasteiger partial charge in [-0.15, -0.1) is 0 Å². The summed E-state index contributed by atoms with van der Waals surface area (Å²) >= 11 is 0. The van der Waals surface area contributed by atoms with Gasteiger partial charge in [0.2, 0.25) is 0 Å². The van der Waals surface area contributed by atoms with Gasteiger partial charge in [-0.25, -0.2) is 29.1 Å². The number of aryl methyl sites for hydroxylation is 1. The first-order valence-electron chi connectivity index (χ1n) is 27.9. The number of nitriles is 3. The van der Waals surface area contributed by atoms with Gasteiger partial charge in [-0.3, -0.25) is 0 Å². The van der Waals surface area contributed by atoms with E-state index in [1.165, 1.54) is 24.3 Å². The van der Waals surface area contributed by atoms with Crippen LogP contribution in [0.15, 0.2) is 200 Å². The van der Waals surface area contributed by atoms with Crippen LogP contribution in [-0.4, -0.2) is 9.13 Å². The monoisotopic (exact) mass is 1170 g/mol. The van der Waals surface area contributed by atoms with Crippen molar-refractivity contribution in [2.75, 3.05) is 0 Å². The summed E-state index contributed by atoms with van der Waals surface area (Å²) in [6.07, 6.45) is -4.67. The zero-order valence-electron chi connectivity index (χ0n) is 47.6. The number of aromatic nitrogens is 2. The van der Waals surface area contributed by atoms with Crippen LogP contribution in [0.1, 0.15) is 27.8 Å². The van der Waals surface area contributed by atoms with Crippen molar-refractivity contribution in [2.24, 2.45) is 0 Å². The number of hydrogen-bond donors (Lipinski definition) is 0. The summed E-state index contributed by atoms with van der Waals surface area (Å²) < 4.78 is 48.4. The third-order valence-corrected chi connectivity index (χ3v) is 16.2. The molecule has 0 atom stereocenters. The molecule has 11 nitrogen and oxygen atoms in total. The fraction of sp³-hybridized carbons (Fsp3) is 0.0260. The Morgan fingerprint density at radius 1 is 0.319 bits per heavy atom. The van der Waals surface area contributed by atoms with Crippen LogP contribution in [0.4, 0.5) is 47.3 Å². The van der Waals surface area contributed by atoms with E-state index < -0.39 is 11.7 Å². The van der Waals surface area contributed by atoms with Gasteiger partial charge in [0.05, 0.1) is 91.0 Å². The number of benzene rings is 11. The smallest absolute Gasteiger partial charge is 0.310 e. The van der Waals surface area contributed by atoms with Crippen molar-refractivity contribution in [3.8, 4) is 96.3 Å². The Balaban J connectivity index is 1.14. The van der Waals surface area contributed by atoms with Crippen molar-refractivity contribution in [2.45, 2.75) is 13.1 Å². The molecule has 420 valence electrons. The maximum atomic E-state index is 14.8. The SMILES string of the molecule is [C-]#[N+]c1cc(C#N)cc(-c2ccc3c(c2)c2cc(-c4cc([N+]#[C-])cc([N+]#[C-])c4)ccc2n3-c2ccc(-c3cc(C)cc(C(F)(F)F)c3)cc2-c2ccc([N+]#[C-])cc2-n2c3ccc(-c4cc(C#N)cc([N+]#[C-])c4)cc3c3cc(-c4cc(C#N)cc([N+]#[C-])c4)ccc32)c1. The Morgan fingerprint density at radius 3 is 1.05 bits per heavy atom. The van der Waals surface area contributed by atoms with Crippen molar-refractivity contribution in [3.63, 3.8) is 0 Å². The average Bonchev–Trinajstić information content (AvgIpc) is 1.60. The second-order valence-electron chi connectivity index (χ2n) is 21.7. The molecule has 2 aromatic heterocycles. The molecule has 0 radical (unpaired) electrons. The first-order valence-corrected chi connectivity index (χ1v) is 27.9. The number of fused-ring (bicyclic) bond motifs is 6. The number of nitrogens with zero attached hydrogens (tertiary/aromatic N) is 11. The molecule has 0 spiro atoms. The van der Waals surface area contributed by atoms with Crippen LogP contribution >= 0.6 is 0 Å². The fourth-order valence-electron chi connectivity index (χ4n) is 12.1. The summed E-state index contributed by atoms with van der Waals surface area (Å²) in [5.41, 5.74) is 13.1. The van der Waals surface area contributed by atoms with Crippen molar-refractivity contribution in [1.82, 2.24) is 9.13 Å². The highest BCUT2D eigenvalue weighted by Gasteiger charge is 2.31. The lowest BCUT2D eigenvalue weighted by atomic mass is 9.93. The molecule has 0 N–H and O–H groups in total. The summed E-state index contributed by atoms with van der Waals surface area (Å²) in [5, 5.41) is 33.1. The largest absolute Gasteiger partial charge is 0.416 e. The van der Waals surface area contributed by atoms with E-state index in [9.17, 15) is 29.0 Å². The van der Waals surface area contributed by atoms with Gasteiger partial charge in [0.1, 0.15) is 0 Å². The predicted octanol–water partition coefficient (Wildman–Crippen LogP) is 22.1.